The van der Waals surface area contributed by atoms with Gasteiger partial charge in [0.2, 0.25) is 11.8 Å². The number of nitrogens with zero attached hydrogens (tertiary/aromatic N) is 2. The van der Waals surface area contributed by atoms with E-state index in [4.69, 9.17) is 4.74 Å². The van der Waals surface area contributed by atoms with Gasteiger partial charge in [-0.15, -0.1) is 0 Å². The van der Waals surface area contributed by atoms with Crippen LogP contribution in [0.4, 0.5) is 0 Å². The van der Waals surface area contributed by atoms with Crippen LogP contribution in [-0.2, 0) is 20.9 Å². The normalized spacial score (nSPS) is 18.5. The Morgan fingerprint density at radius 1 is 1.53 bits per heavy atom. The van der Waals surface area contributed by atoms with E-state index < -0.39 is 0 Å². The molecular weight excluding hydrogens is 248 g/mol. The fraction of sp³-hybridized carbons (Fsp3) is 0.462. The highest BCUT2D eigenvalue weighted by atomic mass is 16.5. The molecule has 6 heteroatoms. The molecule has 0 aromatic carbocycles. The third-order valence-corrected chi connectivity index (χ3v) is 3.15. The molecule has 0 saturated carbocycles. The van der Waals surface area contributed by atoms with Gasteiger partial charge in [0.1, 0.15) is 0 Å². The third-order valence-electron chi connectivity index (χ3n) is 3.15. The summed E-state index contributed by atoms with van der Waals surface area (Å²) in [7, 11) is 2.87. The first-order chi connectivity index (χ1) is 9.15. The maximum atomic E-state index is 11.9. The van der Waals surface area contributed by atoms with Crippen LogP contribution >= 0.6 is 0 Å². The number of ether oxygens (including phenoxy) is 2. The van der Waals surface area contributed by atoms with Gasteiger partial charge in [-0.2, -0.15) is 0 Å². The number of amides is 1. The van der Waals surface area contributed by atoms with Crippen LogP contribution in [0.3, 0.4) is 0 Å². The Kier molecular flexibility index (Phi) is 3.99. The number of likely N-dealkylation sites (tertiary alicyclic amines) is 1. The number of rotatable bonds is 4. The molecule has 2 rings (SSSR count). The van der Waals surface area contributed by atoms with Crippen LogP contribution in [-0.4, -0.2) is 42.5 Å². The molecule has 102 valence electrons. The maximum Gasteiger partial charge on any atom is 0.310 e. The van der Waals surface area contributed by atoms with Crippen LogP contribution in [0.1, 0.15) is 12.0 Å². The van der Waals surface area contributed by atoms with Crippen LogP contribution < -0.4 is 4.74 Å². The highest BCUT2D eigenvalue weighted by Gasteiger charge is 2.35. The minimum absolute atomic E-state index is 0.0543. The summed E-state index contributed by atoms with van der Waals surface area (Å²) in [5.74, 6) is -0.271. The quantitative estimate of drug-likeness (QED) is 0.745. The molecule has 0 bridgehead atoms. The van der Waals surface area contributed by atoms with E-state index in [2.05, 4.69) is 9.72 Å². The van der Waals surface area contributed by atoms with E-state index in [9.17, 15) is 9.59 Å². The summed E-state index contributed by atoms with van der Waals surface area (Å²) < 4.78 is 9.82. The first kappa shape index (κ1) is 13.3. The van der Waals surface area contributed by atoms with E-state index in [1.165, 1.54) is 14.2 Å². The van der Waals surface area contributed by atoms with Crippen molar-refractivity contribution in [2.45, 2.75) is 13.0 Å². The molecule has 1 atom stereocenters. The molecule has 6 nitrogen and oxygen atoms in total. The molecule has 0 N–H and O–H groups in total. The van der Waals surface area contributed by atoms with Crippen molar-refractivity contribution in [2.75, 3.05) is 20.8 Å². The van der Waals surface area contributed by atoms with Gasteiger partial charge in [-0.3, -0.25) is 9.59 Å². The Balaban J connectivity index is 2.07. The summed E-state index contributed by atoms with van der Waals surface area (Å²) in [5, 5.41) is 0. The van der Waals surface area contributed by atoms with Gasteiger partial charge >= 0.3 is 5.97 Å². The fourth-order valence-corrected chi connectivity index (χ4v) is 2.18. The van der Waals surface area contributed by atoms with E-state index in [0.717, 1.165) is 5.56 Å². The van der Waals surface area contributed by atoms with Crippen molar-refractivity contribution in [2.24, 2.45) is 5.92 Å². The van der Waals surface area contributed by atoms with Crippen molar-refractivity contribution in [1.82, 2.24) is 9.88 Å². The fourth-order valence-electron chi connectivity index (χ4n) is 2.18. The first-order valence-corrected chi connectivity index (χ1v) is 5.99. The Morgan fingerprint density at radius 2 is 2.32 bits per heavy atom. The Labute approximate surface area is 111 Å². The van der Waals surface area contributed by atoms with Crippen molar-refractivity contribution in [3.63, 3.8) is 0 Å². The highest BCUT2D eigenvalue weighted by molar-refractivity contribution is 5.86. The van der Waals surface area contributed by atoms with Crippen LogP contribution in [0.25, 0.3) is 0 Å². The molecule has 1 saturated heterocycles. The van der Waals surface area contributed by atoms with E-state index >= 15 is 0 Å². The minimum Gasteiger partial charge on any atom is -0.481 e. The van der Waals surface area contributed by atoms with Crippen LogP contribution in [0.5, 0.6) is 5.88 Å². The van der Waals surface area contributed by atoms with Gasteiger partial charge in [0, 0.05) is 24.7 Å². The minimum atomic E-state index is -0.375. The number of carbonyl (C=O) groups excluding carboxylic acids is 2. The summed E-state index contributed by atoms with van der Waals surface area (Å²) in [4.78, 5) is 29.0. The second-order valence-corrected chi connectivity index (χ2v) is 4.37. The average molecular weight is 264 g/mol. The van der Waals surface area contributed by atoms with Gasteiger partial charge in [-0.05, 0) is 6.07 Å². The molecule has 1 fully saturated rings. The molecule has 1 aliphatic heterocycles. The zero-order valence-electron chi connectivity index (χ0n) is 11.0. The molecule has 0 spiro atoms. The maximum absolute atomic E-state index is 11.9. The Hall–Kier alpha value is -2.11. The molecule has 0 radical (unpaired) electrons. The number of esters is 1. The molecule has 1 amide bonds. The lowest BCUT2D eigenvalue weighted by molar-refractivity contribution is -0.145. The molecular formula is C13H16N2O4. The average Bonchev–Trinajstić information content (AvgIpc) is 2.80. The van der Waals surface area contributed by atoms with Crippen molar-refractivity contribution in [3.05, 3.63) is 23.9 Å². The van der Waals surface area contributed by atoms with E-state index in [-0.39, 0.29) is 24.2 Å². The summed E-state index contributed by atoms with van der Waals surface area (Å²) in [6, 6.07) is 3.64. The standard InChI is InChI=1S/C13H16N2O4/c1-18-12-9(4-3-5-14-12)7-15-8-10(6-11(15)16)13(17)19-2/h3-5,10H,6-8H2,1-2H3. The van der Waals surface area contributed by atoms with Crippen LogP contribution in [0.15, 0.2) is 18.3 Å². The molecule has 0 aliphatic carbocycles. The molecule has 19 heavy (non-hydrogen) atoms. The van der Waals surface area contributed by atoms with E-state index in [1.807, 2.05) is 6.07 Å². The lowest BCUT2D eigenvalue weighted by atomic mass is 10.1. The summed E-state index contributed by atoms with van der Waals surface area (Å²) >= 11 is 0. The van der Waals surface area contributed by atoms with E-state index in [0.29, 0.717) is 19.0 Å². The van der Waals surface area contributed by atoms with Crippen molar-refractivity contribution >= 4 is 11.9 Å². The molecule has 2 heterocycles. The predicted molar refractivity (Wildman–Crippen MR) is 66.3 cm³/mol. The zero-order valence-corrected chi connectivity index (χ0v) is 11.0. The van der Waals surface area contributed by atoms with Gasteiger partial charge < -0.3 is 14.4 Å². The molecule has 1 unspecified atom stereocenters. The largest absolute Gasteiger partial charge is 0.481 e. The SMILES string of the molecule is COC(=O)C1CC(=O)N(Cc2cccnc2OC)C1. The first-order valence-electron chi connectivity index (χ1n) is 5.99. The summed E-state index contributed by atoms with van der Waals surface area (Å²) in [5.41, 5.74) is 0.823. The molecule has 1 aromatic rings. The number of carbonyl (C=O) groups is 2. The number of methoxy groups -OCH3 is 2. The highest BCUT2D eigenvalue weighted by Crippen LogP contribution is 2.23. The predicted octanol–water partition coefficient (Wildman–Crippen LogP) is 0.612. The van der Waals surface area contributed by atoms with Gasteiger partial charge in [-0.1, -0.05) is 6.07 Å². The summed E-state index contributed by atoms with van der Waals surface area (Å²) in [6.07, 6.45) is 1.83. The molecule has 1 aromatic heterocycles. The van der Waals surface area contributed by atoms with Crippen molar-refractivity contribution < 1.29 is 19.1 Å². The summed E-state index contributed by atoms with van der Waals surface area (Å²) in [6.45, 7) is 0.771. The Morgan fingerprint density at radius 3 is 3.00 bits per heavy atom. The number of aromatic nitrogens is 1. The van der Waals surface area contributed by atoms with Crippen molar-refractivity contribution in [3.8, 4) is 5.88 Å². The van der Waals surface area contributed by atoms with Gasteiger partial charge in [-0.25, -0.2) is 4.98 Å². The third kappa shape index (κ3) is 2.83. The molecule has 1 aliphatic rings. The van der Waals surface area contributed by atoms with Crippen LogP contribution in [0, 0.1) is 5.92 Å². The van der Waals surface area contributed by atoms with Crippen LogP contribution in [0.2, 0.25) is 0 Å². The number of pyridine rings is 1. The van der Waals surface area contributed by atoms with Gasteiger partial charge in [0.15, 0.2) is 0 Å². The number of hydrogen-bond donors (Lipinski definition) is 0. The topological polar surface area (TPSA) is 68.7 Å². The van der Waals surface area contributed by atoms with E-state index in [1.54, 1.807) is 17.2 Å². The monoisotopic (exact) mass is 264 g/mol. The second kappa shape index (κ2) is 5.69. The number of hydrogen-bond acceptors (Lipinski definition) is 5. The lowest BCUT2D eigenvalue weighted by Crippen LogP contribution is -2.26. The smallest absolute Gasteiger partial charge is 0.310 e. The Bertz CT molecular complexity index is 489. The lowest BCUT2D eigenvalue weighted by Gasteiger charge is -2.17. The second-order valence-electron chi connectivity index (χ2n) is 4.37. The zero-order chi connectivity index (χ0) is 13.8. The van der Waals surface area contributed by atoms with Crippen molar-refractivity contribution in [1.29, 1.82) is 0 Å². The van der Waals surface area contributed by atoms with Gasteiger partial charge in [0.05, 0.1) is 26.7 Å². The van der Waals surface area contributed by atoms with Gasteiger partial charge in [0.25, 0.3) is 0 Å².